The second kappa shape index (κ2) is 7.41. The molecule has 0 aliphatic heterocycles. The lowest BCUT2D eigenvalue weighted by molar-refractivity contribution is 0.744. The van der Waals surface area contributed by atoms with E-state index in [1.54, 1.807) is 0 Å². The average Bonchev–Trinajstić information content (AvgIpc) is 2.89. The van der Waals surface area contributed by atoms with E-state index >= 15 is 0 Å². The van der Waals surface area contributed by atoms with E-state index in [2.05, 4.69) is 36.3 Å². The van der Waals surface area contributed by atoms with Gasteiger partial charge in [-0.25, -0.2) is 4.68 Å². The van der Waals surface area contributed by atoms with Crippen LogP contribution in [0.5, 0.6) is 0 Å². The van der Waals surface area contributed by atoms with Crippen LogP contribution in [0, 0.1) is 11.6 Å². The first-order valence-corrected chi connectivity index (χ1v) is 8.50. The second-order valence-corrected chi connectivity index (χ2v) is 6.33. The molecule has 2 aromatic carbocycles. The van der Waals surface area contributed by atoms with Crippen LogP contribution >= 0.6 is 12.2 Å². The van der Waals surface area contributed by atoms with Gasteiger partial charge in [0.05, 0.1) is 11.7 Å². The summed E-state index contributed by atoms with van der Waals surface area (Å²) in [4.78, 5) is 4.69. The molecular weight excluding hydrogens is 314 g/mol. The van der Waals surface area contributed by atoms with Crippen molar-refractivity contribution >= 4 is 18.4 Å². The summed E-state index contributed by atoms with van der Waals surface area (Å²) in [5, 5.41) is 3.32. The molecule has 1 atom stereocenters. The molecule has 0 radical (unpaired) electrons. The molecule has 122 valence electrons. The summed E-state index contributed by atoms with van der Waals surface area (Å²) in [6, 6.07) is 20.7. The highest BCUT2D eigenvalue weighted by Crippen LogP contribution is 2.14. The van der Waals surface area contributed by atoms with E-state index in [9.17, 15) is 0 Å². The predicted molar refractivity (Wildman–Crippen MR) is 103 cm³/mol. The normalized spacial score (nSPS) is 12.6. The zero-order chi connectivity index (χ0) is 16.9. The first kappa shape index (κ1) is 16.4. The topological polar surface area (TPSA) is 33.1 Å². The van der Waals surface area contributed by atoms with Crippen LogP contribution in [0.15, 0.2) is 65.7 Å². The highest BCUT2D eigenvalue weighted by molar-refractivity contribution is 7.71. The molecule has 0 bridgehead atoms. The van der Waals surface area contributed by atoms with Crippen LogP contribution in [0.4, 0.5) is 0 Å². The molecule has 1 heterocycles. The lowest BCUT2D eigenvalue weighted by Crippen LogP contribution is -2.03. The van der Waals surface area contributed by atoms with Gasteiger partial charge >= 0.3 is 0 Å². The third kappa shape index (κ3) is 3.71. The minimum atomic E-state index is 0.210. The van der Waals surface area contributed by atoms with E-state index in [4.69, 9.17) is 17.2 Å². The Hall–Kier alpha value is -2.46. The lowest BCUT2D eigenvalue weighted by Gasteiger charge is -2.05. The summed E-state index contributed by atoms with van der Waals surface area (Å²) in [6.07, 6.45) is 2.83. The van der Waals surface area contributed by atoms with Crippen LogP contribution in [-0.2, 0) is 6.42 Å². The summed E-state index contributed by atoms with van der Waals surface area (Å²) in [7, 11) is 0. The molecule has 0 aliphatic carbocycles. The molecule has 0 fully saturated rings. The number of H-pyrrole nitrogens is 1. The summed E-state index contributed by atoms with van der Waals surface area (Å²) in [5.74, 6) is 0. The number of aromatic nitrogens is 2. The predicted octanol–water partition coefficient (Wildman–Crippen LogP) is 4.89. The van der Waals surface area contributed by atoms with Gasteiger partial charge < -0.3 is 0 Å². The first-order chi connectivity index (χ1) is 11.6. The molecule has 24 heavy (non-hydrogen) atoms. The van der Waals surface area contributed by atoms with E-state index in [-0.39, 0.29) is 6.04 Å². The second-order valence-electron chi connectivity index (χ2n) is 5.94. The molecule has 1 N–H and O–H groups in total. The molecule has 1 unspecified atom stereocenters. The Labute approximate surface area is 147 Å². The van der Waals surface area contributed by atoms with Crippen molar-refractivity contribution in [2.75, 3.05) is 0 Å². The zero-order valence-corrected chi connectivity index (χ0v) is 14.8. The van der Waals surface area contributed by atoms with E-state index in [0.717, 1.165) is 28.0 Å². The Kier molecular flexibility index (Phi) is 5.06. The van der Waals surface area contributed by atoms with Gasteiger partial charge in [-0.2, -0.15) is 0 Å². The van der Waals surface area contributed by atoms with Gasteiger partial charge in [-0.1, -0.05) is 60.7 Å². The minimum absolute atomic E-state index is 0.210. The summed E-state index contributed by atoms with van der Waals surface area (Å²) in [5.41, 5.74) is 4.33. The Bertz CT molecular complexity index is 876. The fraction of sp³-hybridized carbons (Fsp3) is 0.200. The molecule has 3 aromatic rings. The van der Waals surface area contributed by atoms with E-state index in [1.807, 2.05) is 54.2 Å². The molecule has 1 aromatic heterocycles. The highest BCUT2D eigenvalue weighted by Gasteiger charge is 2.08. The highest BCUT2D eigenvalue weighted by atomic mass is 32.1. The number of rotatable bonds is 5. The largest absolute Gasteiger partial charge is 0.297 e. The van der Waals surface area contributed by atoms with Gasteiger partial charge in [-0.05, 0) is 38.0 Å². The Balaban J connectivity index is 1.80. The Morgan fingerprint density at radius 1 is 1.08 bits per heavy atom. The fourth-order valence-corrected chi connectivity index (χ4v) is 3.04. The van der Waals surface area contributed by atoms with Crippen LogP contribution < -0.4 is 0 Å². The van der Waals surface area contributed by atoms with Crippen LogP contribution in [-0.4, -0.2) is 22.0 Å². The summed E-state index contributed by atoms with van der Waals surface area (Å²) >= 11 is 5.62. The number of aromatic amines is 1. The monoisotopic (exact) mass is 335 g/mol. The Morgan fingerprint density at radius 2 is 1.71 bits per heavy atom. The maximum absolute atomic E-state index is 5.62. The number of nitrogens with one attached hydrogen (secondary N) is 1. The van der Waals surface area contributed by atoms with Gasteiger partial charge in [0.25, 0.3) is 0 Å². The third-order valence-corrected chi connectivity index (χ3v) is 4.37. The maximum atomic E-state index is 5.62. The SMILES string of the molecule is Cc1[nH]n(-c2ccccc2)c(=S)c1C=NC(C)Cc1ccccc1. The number of hydrogen-bond acceptors (Lipinski definition) is 2. The third-order valence-electron chi connectivity index (χ3n) is 3.96. The van der Waals surface area contributed by atoms with Gasteiger partial charge in [0.1, 0.15) is 4.64 Å². The molecule has 3 rings (SSSR count). The molecule has 3 nitrogen and oxygen atoms in total. The van der Waals surface area contributed by atoms with Crippen molar-refractivity contribution in [1.82, 2.24) is 9.78 Å². The summed E-state index contributed by atoms with van der Waals surface area (Å²) < 4.78 is 2.68. The van der Waals surface area contributed by atoms with Crippen molar-refractivity contribution in [3.63, 3.8) is 0 Å². The van der Waals surface area contributed by atoms with Gasteiger partial charge in [-0.3, -0.25) is 10.1 Å². The van der Waals surface area contributed by atoms with Crippen molar-refractivity contribution in [1.29, 1.82) is 0 Å². The Morgan fingerprint density at radius 3 is 2.38 bits per heavy atom. The zero-order valence-electron chi connectivity index (χ0n) is 13.9. The molecule has 4 heteroatoms. The molecule has 0 amide bonds. The van der Waals surface area contributed by atoms with Crippen LogP contribution in [0.1, 0.15) is 23.7 Å². The number of benzene rings is 2. The minimum Gasteiger partial charge on any atom is -0.297 e. The number of aryl methyl sites for hydroxylation is 1. The first-order valence-electron chi connectivity index (χ1n) is 8.09. The van der Waals surface area contributed by atoms with Crippen LogP contribution in [0.25, 0.3) is 5.69 Å². The van der Waals surface area contributed by atoms with Crippen LogP contribution in [0.2, 0.25) is 0 Å². The maximum Gasteiger partial charge on any atom is 0.136 e. The molecular formula is C20H21N3S. The molecule has 0 aliphatic rings. The van der Waals surface area contributed by atoms with Gasteiger partial charge in [0.2, 0.25) is 0 Å². The van der Waals surface area contributed by atoms with Crippen molar-refractivity contribution in [3.05, 3.63) is 82.1 Å². The summed E-state index contributed by atoms with van der Waals surface area (Å²) in [6.45, 7) is 4.15. The van der Waals surface area contributed by atoms with Crippen molar-refractivity contribution in [2.45, 2.75) is 26.3 Å². The van der Waals surface area contributed by atoms with Crippen molar-refractivity contribution in [3.8, 4) is 5.69 Å². The molecule has 0 spiro atoms. The van der Waals surface area contributed by atoms with Crippen molar-refractivity contribution in [2.24, 2.45) is 4.99 Å². The van der Waals surface area contributed by atoms with E-state index in [1.165, 1.54) is 5.56 Å². The van der Waals surface area contributed by atoms with E-state index < -0.39 is 0 Å². The lowest BCUT2D eigenvalue weighted by atomic mass is 10.1. The number of nitrogens with zero attached hydrogens (tertiary/aromatic N) is 2. The van der Waals surface area contributed by atoms with Crippen LogP contribution in [0.3, 0.4) is 0 Å². The van der Waals surface area contributed by atoms with Crippen molar-refractivity contribution < 1.29 is 0 Å². The van der Waals surface area contributed by atoms with E-state index in [0.29, 0.717) is 0 Å². The smallest absolute Gasteiger partial charge is 0.136 e. The standard InChI is InChI=1S/C20H21N3S/c1-15(13-17-9-5-3-6-10-17)21-14-19-16(2)22-23(20(19)24)18-11-7-4-8-12-18/h3-12,14-15,22H,13H2,1-2H3. The van der Waals surface area contributed by atoms with Gasteiger partial charge in [-0.15, -0.1) is 0 Å². The number of aliphatic imine (C=N–C) groups is 1. The van der Waals surface area contributed by atoms with Gasteiger partial charge in [0, 0.05) is 17.5 Å². The fourth-order valence-electron chi connectivity index (χ4n) is 2.68. The molecule has 0 saturated heterocycles. The average molecular weight is 335 g/mol. The number of para-hydroxylation sites is 1. The molecule has 0 saturated carbocycles. The van der Waals surface area contributed by atoms with Gasteiger partial charge in [0.15, 0.2) is 0 Å². The quantitative estimate of drug-likeness (QED) is 0.522. The number of hydrogen-bond donors (Lipinski definition) is 1.